The second-order valence-corrected chi connectivity index (χ2v) is 6.41. The maximum absolute atomic E-state index is 14.2. The van der Waals surface area contributed by atoms with Gasteiger partial charge in [-0.3, -0.25) is 4.57 Å². The quantitative estimate of drug-likeness (QED) is 0.875. The van der Waals surface area contributed by atoms with Crippen molar-refractivity contribution in [1.29, 1.82) is 0 Å². The highest BCUT2D eigenvalue weighted by Crippen LogP contribution is 2.31. The molecule has 0 unspecified atom stereocenters. The SMILES string of the molecule is CC(C)(C)c1nc2c(n1-c1c(F)cccc1F)CCNC2. The van der Waals surface area contributed by atoms with E-state index in [0.29, 0.717) is 18.8 Å². The van der Waals surface area contributed by atoms with Crippen LogP contribution in [0, 0.1) is 11.6 Å². The maximum Gasteiger partial charge on any atom is 0.150 e. The van der Waals surface area contributed by atoms with Gasteiger partial charge in [0.25, 0.3) is 0 Å². The minimum atomic E-state index is -0.556. The monoisotopic (exact) mass is 291 g/mol. The average molecular weight is 291 g/mol. The van der Waals surface area contributed by atoms with E-state index in [2.05, 4.69) is 10.3 Å². The van der Waals surface area contributed by atoms with Crippen LogP contribution in [0.4, 0.5) is 8.78 Å². The molecule has 3 rings (SSSR count). The number of nitrogens with one attached hydrogen (secondary N) is 1. The number of halogens is 2. The largest absolute Gasteiger partial charge is 0.311 e. The predicted molar refractivity (Wildman–Crippen MR) is 77.6 cm³/mol. The Morgan fingerprint density at radius 2 is 1.86 bits per heavy atom. The molecule has 0 radical (unpaired) electrons. The molecule has 5 heteroatoms. The molecule has 0 saturated carbocycles. The second kappa shape index (κ2) is 4.91. The smallest absolute Gasteiger partial charge is 0.150 e. The topological polar surface area (TPSA) is 29.9 Å². The first-order chi connectivity index (χ1) is 9.89. The molecule has 1 aliphatic heterocycles. The molecule has 1 N–H and O–H groups in total. The van der Waals surface area contributed by atoms with Gasteiger partial charge >= 0.3 is 0 Å². The first-order valence-corrected chi connectivity index (χ1v) is 7.15. The van der Waals surface area contributed by atoms with Crippen molar-refractivity contribution >= 4 is 0 Å². The molecular weight excluding hydrogens is 272 g/mol. The highest BCUT2D eigenvalue weighted by molar-refractivity contribution is 5.42. The molecular formula is C16H19F2N3. The van der Waals surface area contributed by atoms with Gasteiger partial charge < -0.3 is 5.32 Å². The third-order valence-corrected chi connectivity index (χ3v) is 3.72. The summed E-state index contributed by atoms with van der Waals surface area (Å²) in [5.41, 5.74) is 1.47. The van der Waals surface area contributed by atoms with Gasteiger partial charge in [0.2, 0.25) is 0 Å². The lowest BCUT2D eigenvalue weighted by molar-refractivity contribution is 0.511. The van der Waals surface area contributed by atoms with E-state index in [1.54, 1.807) is 4.57 Å². The standard InChI is InChI=1S/C16H19F2N3/c1-16(2,3)15-20-12-9-19-8-7-13(12)21(15)14-10(17)5-4-6-11(14)18/h4-6,19H,7-9H2,1-3H3. The van der Waals surface area contributed by atoms with Crippen molar-refractivity contribution in [3.8, 4) is 5.69 Å². The van der Waals surface area contributed by atoms with E-state index < -0.39 is 11.6 Å². The zero-order valence-electron chi connectivity index (χ0n) is 12.5. The molecule has 0 bridgehead atoms. The summed E-state index contributed by atoms with van der Waals surface area (Å²) in [5.74, 6) is -0.418. The number of para-hydroxylation sites is 1. The van der Waals surface area contributed by atoms with Gasteiger partial charge in [0, 0.05) is 30.6 Å². The molecule has 0 aliphatic carbocycles. The third-order valence-electron chi connectivity index (χ3n) is 3.72. The van der Waals surface area contributed by atoms with E-state index in [-0.39, 0.29) is 11.1 Å². The van der Waals surface area contributed by atoms with Crippen LogP contribution in [-0.4, -0.2) is 16.1 Å². The first-order valence-electron chi connectivity index (χ1n) is 7.15. The normalized spacial score (nSPS) is 15.1. The fourth-order valence-electron chi connectivity index (χ4n) is 2.76. The minimum Gasteiger partial charge on any atom is -0.311 e. The fourth-order valence-corrected chi connectivity index (χ4v) is 2.76. The predicted octanol–water partition coefficient (Wildman–Crippen LogP) is 3.09. The zero-order valence-corrected chi connectivity index (χ0v) is 12.5. The van der Waals surface area contributed by atoms with Gasteiger partial charge in [0.1, 0.15) is 23.1 Å². The molecule has 1 aromatic carbocycles. The second-order valence-electron chi connectivity index (χ2n) is 6.41. The van der Waals surface area contributed by atoms with Crippen molar-refractivity contribution in [2.24, 2.45) is 0 Å². The Labute approximate surface area is 123 Å². The third kappa shape index (κ3) is 2.35. The summed E-state index contributed by atoms with van der Waals surface area (Å²) in [6, 6.07) is 3.96. The summed E-state index contributed by atoms with van der Waals surface area (Å²) in [6.45, 7) is 7.44. The van der Waals surface area contributed by atoms with Crippen LogP contribution in [0.1, 0.15) is 38.0 Å². The van der Waals surface area contributed by atoms with E-state index in [0.717, 1.165) is 17.9 Å². The lowest BCUT2D eigenvalue weighted by Crippen LogP contribution is -2.25. The molecule has 0 saturated heterocycles. The summed E-state index contributed by atoms with van der Waals surface area (Å²) in [7, 11) is 0. The molecule has 0 amide bonds. The van der Waals surface area contributed by atoms with E-state index in [9.17, 15) is 8.78 Å². The summed E-state index contributed by atoms with van der Waals surface area (Å²) < 4.78 is 30.2. The van der Waals surface area contributed by atoms with Gasteiger partial charge in [0.05, 0.1) is 5.69 Å². The summed E-state index contributed by atoms with van der Waals surface area (Å²) in [6.07, 6.45) is 0.714. The maximum atomic E-state index is 14.2. The molecule has 1 aliphatic rings. The highest BCUT2D eigenvalue weighted by atomic mass is 19.1. The number of aromatic nitrogens is 2. The van der Waals surface area contributed by atoms with Gasteiger partial charge in [0.15, 0.2) is 0 Å². The number of fused-ring (bicyclic) bond motifs is 1. The highest BCUT2D eigenvalue weighted by Gasteiger charge is 2.30. The van der Waals surface area contributed by atoms with Crippen molar-refractivity contribution in [2.45, 2.75) is 39.2 Å². The van der Waals surface area contributed by atoms with E-state index in [4.69, 9.17) is 0 Å². The van der Waals surface area contributed by atoms with Crippen LogP contribution in [0.2, 0.25) is 0 Å². The number of nitrogens with zero attached hydrogens (tertiary/aromatic N) is 2. The van der Waals surface area contributed by atoms with Gasteiger partial charge in [-0.2, -0.15) is 0 Å². The number of benzene rings is 1. The molecule has 2 heterocycles. The van der Waals surface area contributed by atoms with Crippen LogP contribution in [0.3, 0.4) is 0 Å². The molecule has 0 spiro atoms. The van der Waals surface area contributed by atoms with Crippen LogP contribution in [0.5, 0.6) is 0 Å². The zero-order chi connectivity index (χ0) is 15.2. The number of hydrogen-bond donors (Lipinski definition) is 1. The Hall–Kier alpha value is -1.75. The Kier molecular flexibility index (Phi) is 3.32. The van der Waals surface area contributed by atoms with E-state index >= 15 is 0 Å². The van der Waals surface area contributed by atoms with Crippen LogP contribution in [0.15, 0.2) is 18.2 Å². The van der Waals surface area contributed by atoms with Gasteiger partial charge in [-0.1, -0.05) is 26.8 Å². The van der Waals surface area contributed by atoms with E-state index in [1.165, 1.54) is 18.2 Å². The molecule has 112 valence electrons. The van der Waals surface area contributed by atoms with Crippen LogP contribution in [0.25, 0.3) is 5.69 Å². The van der Waals surface area contributed by atoms with Gasteiger partial charge in [-0.15, -0.1) is 0 Å². The lowest BCUT2D eigenvalue weighted by Gasteiger charge is -2.22. The van der Waals surface area contributed by atoms with Crippen molar-refractivity contribution < 1.29 is 8.78 Å². The molecule has 21 heavy (non-hydrogen) atoms. The fraction of sp³-hybridized carbons (Fsp3) is 0.438. The molecule has 2 aromatic rings. The Bertz CT molecular complexity index is 663. The molecule has 3 nitrogen and oxygen atoms in total. The van der Waals surface area contributed by atoms with Crippen molar-refractivity contribution in [3.05, 3.63) is 47.0 Å². The number of hydrogen-bond acceptors (Lipinski definition) is 2. The number of imidazole rings is 1. The summed E-state index contributed by atoms with van der Waals surface area (Å²) >= 11 is 0. The first kappa shape index (κ1) is 14.2. The van der Waals surface area contributed by atoms with Crippen LogP contribution >= 0.6 is 0 Å². The molecule has 0 fully saturated rings. The molecule has 0 atom stereocenters. The van der Waals surface area contributed by atoms with Crippen LogP contribution < -0.4 is 5.32 Å². The van der Waals surface area contributed by atoms with Gasteiger partial charge in [-0.05, 0) is 12.1 Å². The lowest BCUT2D eigenvalue weighted by atomic mass is 9.95. The average Bonchev–Trinajstić information content (AvgIpc) is 2.78. The van der Waals surface area contributed by atoms with Crippen molar-refractivity contribution in [1.82, 2.24) is 14.9 Å². The molecule has 1 aromatic heterocycles. The number of rotatable bonds is 1. The minimum absolute atomic E-state index is 0.0157. The Balaban J connectivity index is 2.33. The Morgan fingerprint density at radius 1 is 1.19 bits per heavy atom. The van der Waals surface area contributed by atoms with Gasteiger partial charge in [-0.25, -0.2) is 13.8 Å². The van der Waals surface area contributed by atoms with Crippen LogP contribution in [-0.2, 0) is 18.4 Å². The van der Waals surface area contributed by atoms with Crippen molar-refractivity contribution in [3.63, 3.8) is 0 Å². The van der Waals surface area contributed by atoms with E-state index in [1.807, 2.05) is 20.8 Å². The Morgan fingerprint density at radius 3 is 2.48 bits per heavy atom. The van der Waals surface area contributed by atoms with Crippen molar-refractivity contribution in [2.75, 3.05) is 6.54 Å². The summed E-state index contributed by atoms with van der Waals surface area (Å²) in [4.78, 5) is 4.65. The summed E-state index contributed by atoms with van der Waals surface area (Å²) in [5, 5.41) is 3.25.